The summed E-state index contributed by atoms with van der Waals surface area (Å²) in [6.45, 7) is 1.53. The molecule has 1 aromatic carbocycles. The van der Waals surface area contributed by atoms with Crippen molar-refractivity contribution in [3.8, 4) is 0 Å². The fourth-order valence-electron chi connectivity index (χ4n) is 5.44. The summed E-state index contributed by atoms with van der Waals surface area (Å²) in [6, 6.07) is 10.7. The van der Waals surface area contributed by atoms with Gasteiger partial charge in [-0.15, -0.1) is 0 Å². The number of rotatable bonds is 4. The zero-order valence-electron chi connectivity index (χ0n) is 15.6. The number of ether oxygens (including phenoxy) is 1. The zero-order valence-corrected chi connectivity index (χ0v) is 15.6. The second-order valence-corrected chi connectivity index (χ2v) is 8.55. The lowest BCUT2D eigenvalue weighted by atomic mass is 9.65. The molecule has 3 fully saturated rings. The number of hydrogen-bond acceptors (Lipinski definition) is 3. The maximum absolute atomic E-state index is 12.8. The van der Waals surface area contributed by atoms with Gasteiger partial charge in [0.05, 0.1) is 6.10 Å². The van der Waals surface area contributed by atoms with Crippen LogP contribution in [0, 0.1) is 23.7 Å². The summed E-state index contributed by atoms with van der Waals surface area (Å²) in [5.74, 6) is 1.86. The molecule has 4 rings (SSSR count). The fraction of sp³-hybridized carbons (Fsp3) is 0.682. The van der Waals surface area contributed by atoms with Gasteiger partial charge in [0.25, 0.3) is 0 Å². The van der Waals surface area contributed by atoms with E-state index >= 15 is 0 Å². The van der Waals surface area contributed by atoms with E-state index < -0.39 is 0 Å². The van der Waals surface area contributed by atoms with Crippen LogP contribution in [0.25, 0.3) is 0 Å². The zero-order chi connectivity index (χ0) is 17.9. The highest BCUT2D eigenvalue weighted by molar-refractivity contribution is 5.78. The minimum Gasteiger partial charge on any atom is -0.373 e. The molecule has 1 aliphatic heterocycles. The van der Waals surface area contributed by atoms with Gasteiger partial charge in [0.2, 0.25) is 5.91 Å². The van der Waals surface area contributed by atoms with Crippen LogP contribution in [0.4, 0.5) is 0 Å². The molecule has 4 heteroatoms. The Bertz CT molecular complexity index is 591. The highest BCUT2D eigenvalue weighted by Gasteiger charge is 2.40. The lowest BCUT2D eigenvalue weighted by Crippen LogP contribution is -2.49. The van der Waals surface area contributed by atoms with Gasteiger partial charge < -0.3 is 15.8 Å². The second-order valence-electron chi connectivity index (χ2n) is 8.55. The van der Waals surface area contributed by atoms with Crippen LogP contribution >= 0.6 is 0 Å². The van der Waals surface area contributed by atoms with E-state index in [0.717, 1.165) is 38.8 Å². The van der Waals surface area contributed by atoms with E-state index in [1.165, 1.54) is 24.8 Å². The minimum absolute atomic E-state index is 0.101. The molecular weight excluding hydrogens is 324 g/mol. The van der Waals surface area contributed by atoms with Crippen molar-refractivity contribution in [2.45, 2.75) is 57.1 Å². The van der Waals surface area contributed by atoms with Crippen molar-refractivity contribution in [2.24, 2.45) is 29.4 Å². The van der Waals surface area contributed by atoms with E-state index in [1.54, 1.807) is 0 Å². The molecule has 4 unspecified atom stereocenters. The maximum atomic E-state index is 12.8. The molecule has 26 heavy (non-hydrogen) atoms. The number of nitrogens with one attached hydrogen (secondary N) is 1. The monoisotopic (exact) mass is 356 g/mol. The van der Waals surface area contributed by atoms with Crippen molar-refractivity contribution in [3.63, 3.8) is 0 Å². The Morgan fingerprint density at radius 3 is 2.54 bits per heavy atom. The molecule has 2 saturated carbocycles. The molecule has 2 bridgehead atoms. The van der Waals surface area contributed by atoms with Gasteiger partial charge in [-0.3, -0.25) is 4.79 Å². The summed E-state index contributed by atoms with van der Waals surface area (Å²) >= 11 is 0. The Labute approximate surface area is 156 Å². The molecule has 0 aromatic heterocycles. The van der Waals surface area contributed by atoms with Gasteiger partial charge in [0, 0.05) is 31.0 Å². The molecule has 4 atom stereocenters. The molecule has 1 amide bonds. The fourth-order valence-corrected chi connectivity index (χ4v) is 5.44. The molecule has 142 valence electrons. The number of benzene rings is 1. The van der Waals surface area contributed by atoms with Crippen molar-refractivity contribution in [1.82, 2.24) is 5.32 Å². The Balaban J connectivity index is 1.34. The molecule has 3 aliphatic rings. The third kappa shape index (κ3) is 3.81. The predicted octanol–water partition coefficient (Wildman–Crippen LogP) is 3.42. The van der Waals surface area contributed by atoms with Gasteiger partial charge in [-0.1, -0.05) is 36.8 Å². The SMILES string of the molecule is NC1C2CCCC1CC(C(=O)NCC1CCCOC1c1ccccc1)C2. The van der Waals surface area contributed by atoms with Crippen molar-refractivity contribution in [3.05, 3.63) is 35.9 Å². The lowest BCUT2D eigenvalue weighted by Gasteiger charge is -2.43. The highest BCUT2D eigenvalue weighted by atomic mass is 16.5. The standard InChI is InChI=1S/C22H32N2O2/c23-20-16-8-4-9-17(20)13-19(12-16)22(25)24-14-18-10-5-11-26-21(18)15-6-2-1-3-7-15/h1-3,6-7,16-21H,4-5,8-14,23H2,(H,24,25). The topological polar surface area (TPSA) is 64.4 Å². The Kier molecular flexibility index (Phi) is 5.60. The summed E-state index contributed by atoms with van der Waals surface area (Å²) in [5.41, 5.74) is 7.60. The molecule has 1 saturated heterocycles. The van der Waals surface area contributed by atoms with Crippen LogP contribution in [-0.4, -0.2) is 25.1 Å². The normalized spacial score (nSPS) is 37.1. The van der Waals surface area contributed by atoms with E-state index in [9.17, 15) is 4.79 Å². The maximum Gasteiger partial charge on any atom is 0.223 e. The number of carbonyl (C=O) groups excluding carboxylic acids is 1. The lowest BCUT2D eigenvalue weighted by molar-refractivity contribution is -0.128. The van der Waals surface area contributed by atoms with E-state index in [0.29, 0.717) is 23.8 Å². The third-order valence-corrected chi connectivity index (χ3v) is 6.90. The quantitative estimate of drug-likeness (QED) is 0.869. The number of carbonyl (C=O) groups is 1. The first-order valence-electron chi connectivity index (χ1n) is 10.4. The summed E-state index contributed by atoms with van der Waals surface area (Å²) < 4.78 is 6.06. The average molecular weight is 357 g/mol. The Morgan fingerprint density at radius 2 is 1.81 bits per heavy atom. The van der Waals surface area contributed by atoms with Crippen LogP contribution in [0.15, 0.2) is 30.3 Å². The van der Waals surface area contributed by atoms with E-state index in [2.05, 4.69) is 29.6 Å². The first-order chi connectivity index (χ1) is 12.7. The molecular formula is C22H32N2O2. The molecule has 0 spiro atoms. The number of amides is 1. The van der Waals surface area contributed by atoms with Crippen LogP contribution < -0.4 is 11.1 Å². The third-order valence-electron chi connectivity index (χ3n) is 6.90. The van der Waals surface area contributed by atoms with Gasteiger partial charge in [0.1, 0.15) is 0 Å². The number of fused-ring (bicyclic) bond motifs is 2. The van der Waals surface area contributed by atoms with Crippen molar-refractivity contribution < 1.29 is 9.53 Å². The molecule has 4 nitrogen and oxygen atoms in total. The van der Waals surface area contributed by atoms with Crippen molar-refractivity contribution in [1.29, 1.82) is 0 Å². The van der Waals surface area contributed by atoms with Gasteiger partial charge >= 0.3 is 0 Å². The van der Waals surface area contributed by atoms with Crippen molar-refractivity contribution >= 4 is 5.91 Å². The van der Waals surface area contributed by atoms with Gasteiger partial charge in [-0.25, -0.2) is 0 Å². The van der Waals surface area contributed by atoms with E-state index in [1.807, 2.05) is 6.07 Å². The molecule has 2 aliphatic carbocycles. The van der Waals surface area contributed by atoms with Gasteiger partial charge in [0.15, 0.2) is 0 Å². The van der Waals surface area contributed by atoms with Gasteiger partial charge in [-0.2, -0.15) is 0 Å². The van der Waals surface area contributed by atoms with E-state index in [-0.39, 0.29) is 17.9 Å². The summed E-state index contributed by atoms with van der Waals surface area (Å²) in [7, 11) is 0. The van der Waals surface area contributed by atoms with Crippen LogP contribution in [0.3, 0.4) is 0 Å². The van der Waals surface area contributed by atoms with Crippen LogP contribution in [0.5, 0.6) is 0 Å². The summed E-state index contributed by atoms with van der Waals surface area (Å²) in [4.78, 5) is 12.8. The number of nitrogens with two attached hydrogens (primary N) is 1. The molecule has 1 heterocycles. The largest absolute Gasteiger partial charge is 0.373 e. The first-order valence-corrected chi connectivity index (χ1v) is 10.4. The van der Waals surface area contributed by atoms with Crippen LogP contribution in [0.2, 0.25) is 0 Å². The Hall–Kier alpha value is -1.39. The molecule has 3 N–H and O–H groups in total. The minimum atomic E-state index is 0.101. The van der Waals surface area contributed by atoms with Crippen molar-refractivity contribution in [2.75, 3.05) is 13.2 Å². The highest BCUT2D eigenvalue weighted by Crippen LogP contribution is 2.42. The summed E-state index contributed by atoms with van der Waals surface area (Å²) in [6.07, 6.45) is 7.94. The summed E-state index contributed by atoms with van der Waals surface area (Å²) in [5, 5.41) is 3.27. The van der Waals surface area contributed by atoms with Gasteiger partial charge in [-0.05, 0) is 55.9 Å². The van der Waals surface area contributed by atoms with Crippen LogP contribution in [0.1, 0.15) is 56.6 Å². The second kappa shape index (κ2) is 8.10. The average Bonchev–Trinajstić information content (AvgIpc) is 2.67. The Morgan fingerprint density at radius 1 is 1.08 bits per heavy atom. The first kappa shape index (κ1) is 18.0. The smallest absolute Gasteiger partial charge is 0.223 e. The van der Waals surface area contributed by atoms with E-state index in [4.69, 9.17) is 10.5 Å². The number of hydrogen-bond donors (Lipinski definition) is 2. The molecule has 0 radical (unpaired) electrons. The predicted molar refractivity (Wildman–Crippen MR) is 102 cm³/mol. The molecule has 1 aromatic rings. The van der Waals surface area contributed by atoms with Crippen LogP contribution in [-0.2, 0) is 9.53 Å².